The molecule has 1 unspecified atom stereocenters. The Morgan fingerprint density at radius 2 is 1.88 bits per heavy atom. The molecule has 0 aliphatic carbocycles. The van der Waals surface area contributed by atoms with Crippen molar-refractivity contribution in [1.29, 1.82) is 0 Å². The molecule has 2 rings (SSSR count). The van der Waals surface area contributed by atoms with Gasteiger partial charge in [-0.25, -0.2) is 0 Å². The molecular weight excluding hydrogens is 374 g/mol. The molecule has 0 fully saturated rings. The van der Waals surface area contributed by atoms with Crippen molar-refractivity contribution in [2.24, 2.45) is 20.3 Å². The Labute approximate surface area is 162 Å². The molecule has 1 aliphatic rings. The maximum Gasteiger partial charge on any atom is 0.326 e. The fraction of sp³-hybridized carbons (Fsp3) is 0.600. The van der Waals surface area contributed by atoms with Gasteiger partial charge in [0, 0.05) is 13.1 Å². The van der Waals surface area contributed by atoms with E-state index in [2.05, 4.69) is 39.9 Å². The summed E-state index contributed by atoms with van der Waals surface area (Å²) in [4.78, 5) is 16.9. The summed E-state index contributed by atoms with van der Waals surface area (Å²) in [5, 5.41) is 22.8. The quantitative estimate of drug-likeness (QED) is 0.334. The fourth-order valence-electron chi connectivity index (χ4n) is 2.77. The second-order valence-electron chi connectivity index (χ2n) is 5.90. The third-order valence-corrected chi connectivity index (χ3v) is 4.87. The topological polar surface area (TPSA) is 96.6 Å². The van der Waals surface area contributed by atoms with Crippen molar-refractivity contribution in [3.8, 4) is 5.88 Å². The lowest BCUT2D eigenvalue weighted by Crippen LogP contribution is -2.43. The minimum absolute atomic E-state index is 0.150. The van der Waals surface area contributed by atoms with Crippen LogP contribution in [0, 0.1) is 4.77 Å². The molecule has 0 radical (unpaired) electrons. The molecule has 1 atom stereocenters. The van der Waals surface area contributed by atoms with Crippen molar-refractivity contribution in [3.63, 3.8) is 0 Å². The third kappa shape index (κ3) is 3.64. The summed E-state index contributed by atoms with van der Waals surface area (Å²) in [6.07, 6.45) is 0.913. The van der Waals surface area contributed by atoms with E-state index in [1.807, 2.05) is 14.0 Å². The van der Waals surface area contributed by atoms with E-state index in [-0.39, 0.29) is 26.9 Å². The average molecular weight is 399 g/mol. The van der Waals surface area contributed by atoms with E-state index in [1.165, 1.54) is 9.13 Å². The maximum atomic E-state index is 12.5. The average Bonchev–Trinajstić information content (AvgIpc) is 2.91. The molecule has 0 saturated heterocycles. The number of nitrogens with zero attached hydrogens (tertiary/aromatic N) is 7. The summed E-state index contributed by atoms with van der Waals surface area (Å²) in [6.45, 7) is 7.20. The highest BCUT2D eigenvalue weighted by Gasteiger charge is 2.35. The van der Waals surface area contributed by atoms with Crippen molar-refractivity contribution >= 4 is 42.3 Å². The SMILES string of the molecule is CCC[N+]1(C)N=C(N=Nc2c(O)n(CC)c(=S)n(CC)c2=O)N=C1CS. The minimum atomic E-state index is -0.494. The summed E-state index contributed by atoms with van der Waals surface area (Å²) >= 11 is 9.54. The molecule has 0 saturated carbocycles. The van der Waals surface area contributed by atoms with Gasteiger partial charge in [-0.3, -0.25) is 13.9 Å². The van der Waals surface area contributed by atoms with Crippen LogP contribution in [-0.2, 0) is 13.1 Å². The number of aromatic nitrogens is 2. The van der Waals surface area contributed by atoms with Crippen LogP contribution in [-0.4, -0.2) is 50.0 Å². The van der Waals surface area contributed by atoms with Gasteiger partial charge in [0.25, 0.3) is 5.56 Å². The van der Waals surface area contributed by atoms with Gasteiger partial charge < -0.3 is 5.11 Å². The largest absolute Gasteiger partial charge is 0.493 e. The number of thiol groups is 1. The first-order chi connectivity index (χ1) is 12.3. The number of aromatic hydroxyl groups is 1. The standard InChI is InChI=1S/C15H23N7O2S2/c1-5-8-22(4)10(9-25)16-14(19-22)18-17-11-12(23)20(6-2)15(26)21(7-3)13(11)24/h5-9H2,1-4H3,(H-,18,19,23,24,25)/p+1. The predicted molar refractivity (Wildman–Crippen MR) is 107 cm³/mol. The van der Waals surface area contributed by atoms with Crippen LogP contribution in [0.1, 0.15) is 27.2 Å². The Kier molecular flexibility index (Phi) is 6.48. The molecule has 142 valence electrons. The van der Waals surface area contributed by atoms with Crippen LogP contribution < -0.4 is 5.56 Å². The Hall–Kier alpha value is -1.85. The number of amidine groups is 1. The number of quaternary nitrogens is 1. The van der Waals surface area contributed by atoms with Crippen LogP contribution in [0.3, 0.4) is 0 Å². The molecule has 0 spiro atoms. The molecule has 0 bridgehead atoms. The van der Waals surface area contributed by atoms with Crippen molar-refractivity contribution in [2.75, 3.05) is 19.3 Å². The molecular formula is C15H24N7O2S2+. The van der Waals surface area contributed by atoms with Gasteiger partial charge in [-0.15, -0.1) is 10.2 Å². The summed E-state index contributed by atoms with van der Waals surface area (Å²) < 4.78 is 3.31. The first kappa shape index (κ1) is 20.5. The lowest BCUT2D eigenvalue weighted by Gasteiger charge is -2.22. The number of rotatable bonds is 6. The van der Waals surface area contributed by atoms with Gasteiger partial charge in [0.15, 0.2) is 4.77 Å². The molecule has 1 aliphatic heterocycles. The summed E-state index contributed by atoms with van der Waals surface area (Å²) in [5.74, 6) is 1.04. The summed E-state index contributed by atoms with van der Waals surface area (Å²) in [7, 11) is 1.92. The molecule has 11 heteroatoms. The summed E-state index contributed by atoms with van der Waals surface area (Å²) in [5.41, 5.74) is -0.671. The first-order valence-electron chi connectivity index (χ1n) is 8.45. The van der Waals surface area contributed by atoms with Crippen molar-refractivity contribution in [3.05, 3.63) is 15.1 Å². The minimum Gasteiger partial charge on any atom is -0.493 e. The van der Waals surface area contributed by atoms with E-state index in [9.17, 15) is 9.90 Å². The monoisotopic (exact) mass is 398 g/mol. The highest BCUT2D eigenvalue weighted by Crippen LogP contribution is 2.24. The van der Waals surface area contributed by atoms with Crippen LogP contribution in [0.25, 0.3) is 0 Å². The van der Waals surface area contributed by atoms with Gasteiger partial charge in [-0.1, -0.05) is 6.92 Å². The molecule has 1 N–H and O–H groups in total. The van der Waals surface area contributed by atoms with E-state index in [0.29, 0.717) is 18.8 Å². The van der Waals surface area contributed by atoms with Gasteiger partial charge in [0.05, 0.1) is 12.8 Å². The number of guanidine groups is 1. The van der Waals surface area contributed by atoms with Gasteiger partial charge in [-0.05, 0) is 37.6 Å². The Morgan fingerprint density at radius 1 is 1.23 bits per heavy atom. The zero-order valence-corrected chi connectivity index (χ0v) is 17.1. The predicted octanol–water partition coefficient (Wildman–Crippen LogP) is 2.68. The second kappa shape index (κ2) is 8.23. The van der Waals surface area contributed by atoms with Crippen molar-refractivity contribution < 1.29 is 9.70 Å². The zero-order chi connectivity index (χ0) is 19.5. The lowest BCUT2D eigenvalue weighted by molar-refractivity contribution is -0.825. The molecule has 0 aromatic carbocycles. The zero-order valence-electron chi connectivity index (χ0n) is 15.4. The molecule has 9 nitrogen and oxygen atoms in total. The molecule has 26 heavy (non-hydrogen) atoms. The van der Waals surface area contributed by atoms with Gasteiger partial charge in [0.1, 0.15) is 6.54 Å². The van der Waals surface area contributed by atoms with Crippen LogP contribution in [0.15, 0.2) is 25.1 Å². The number of hydrogen-bond donors (Lipinski definition) is 2. The lowest BCUT2D eigenvalue weighted by atomic mass is 10.4. The molecule has 1 aromatic heterocycles. The van der Waals surface area contributed by atoms with Crippen LogP contribution in [0.4, 0.5) is 5.69 Å². The highest BCUT2D eigenvalue weighted by molar-refractivity contribution is 7.81. The Balaban J connectivity index is 2.51. The Bertz CT molecular complexity index is 900. The molecule has 2 heterocycles. The smallest absolute Gasteiger partial charge is 0.326 e. The summed E-state index contributed by atoms with van der Waals surface area (Å²) in [6, 6.07) is 0. The normalized spacial score (nSPS) is 19.9. The van der Waals surface area contributed by atoms with Crippen molar-refractivity contribution in [1.82, 2.24) is 9.13 Å². The highest BCUT2D eigenvalue weighted by atomic mass is 32.1. The fourth-order valence-corrected chi connectivity index (χ4v) is 3.57. The number of aliphatic imine (C=N–C) groups is 1. The van der Waals surface area contributed by atoms with Gasteiger partial charge in [-0.2, -0.15) is 22.2 Å². The first-order valence-corrected chi connectivity index (χ1v) is 9.50. The van der Waals surface area contributed by atoms with E-state index >= 15 is 0 Å². The third-order valence-electron chi connectivity index (χ3n) is 4.14. The number of azo groups is 1. The Morgan fingerprint density at radius 3 is 2.42 bits per heavy atom. The van der Waals surface area contributed by atoms with E-state index in [0.717, 1.165) is 18.8 Å². The van der Waals surface area contributed by atoms with Crippen LogP contribution >= 0.6 is 24.8 Å². The van der Waals surface area contributed by atoms with Crippen molar-refractivity contribution in [2.45, 2.75) is 40.3 Å². The van der Waals surface area contributed by atoms with E-state index in [4.69, 9.17) is 12.2 Å². The van der Waals surface area contributed by atoms with Gasteiger partial charge in [0.2, 0.25) is 17.4 Å². The van der Waals surface area contributed by atoms with E-state index < -0.39 is 5.56 Å². The van der Waals surface area contributed by atoms with Crippen LogP contribution in [0.2, 0.25) is 0 Å². The molecule has 0 amide bonds. The van der Waals surface area contributed by atoms with Gasteiger partial charge >= 0.3 is 5.96 Å². The second-order valence-corrected chi connectivity index (χ2v) is 6.58. The van der Waals surface area contributed by atoms with Crippen LogP contribution in [0.5, 0.6) is 5.88 Å². The molecule has 1 aromatic rings. The number of hydrogen-bond acceptors (Lipinski definition) is 8. The van der Waals surface area contributed by atoms with E-state index in [1.54, 1.807) is 6.92 Å². The maximum absolute atomic E-state index is 12.5.